The highest BCUT2D eigenvalue weighted by molar-refractivity contribution is 8.07. The third-order valence-electron chi connectivity index (χ3n) is 3.96. The molecule has 0 fully saturated rings. The van der Waals surface area contributed by atoms with Crippen LogP contribution < -0.4 is 9.47 Å². The number of methoxy groups -OCH3 is 2. The van der Waals surface area contributed by atoms with Gasteiger partial charge in [0.25, 0.3) is 0 Å². The van der Waals surface area contributed by atoms with E-state index in [0.29, 0.717) is 0 Å². The van der Waals surface area contributed by atoms with Gasteiger partial charge in [-0.3, -0.25) is 0 Å². The van der Waals surface area contributed by atoms with Crippen LogP contribution in [-0.4, -0.2) is 14.2 Å². The summed E-state index contributed by atoms with van der Waals surface area (Å²) in [4.78, 5) is 1.23. The highest BCUT2D eigenvalue weighted by atomic mass is 32.2. The van der Waals surface area contributed by atoms with Crippen molar-refractivity contribution in [2.24, 2.45) is 0 Å². The molecule has 0 bridgehead atoms. The molecule has 0 aliphatic rings. The Bertz CT molecular complexity index is 836. The van der Waals surface area contributed by atoms with Crippen LogP contribution in [0.2, 0.25) is 0 Å². The predicted octanol–water partition coefficient (Wildman–Crippen LogP) is 6.14. The molecule has 0 radical (unpaired) electrons. The van der Waals surface area contributed by atoms with Crippen LogP contribution in [-0.2, 0) is 5.75 Å². The maximum atomic E-state index is 5.38. The lowest BCUT2D eigenvalue weighted by atomic mass is 10.1. The molecule has 26 heavy (non-hydrogen) atoms. The van der Waals surface area contributed by atoms with Crippen molar-refractivity contribution in [3.8, 4) is 11.5 Å². The summed E-state index contributed by atoms with van der Waals surface area (Å²) >= 11 is 1.81. The monoisotopic (exact) mass is 362 g/mol. The fourth-order valence-electron chi connectivity index (χ4n) is 2.62. The SMILES string of the molecule is COc1cc(CSC(=Cc2ccccc2)c2ccccc2)cc(OC)c1. The fraction of sp³-hybridized carbons (Fsp3) is 0.130. The zero-order chi connectivity index (χ0) is 18.2. The molecule has 3 heteroatoms. The lowest BCUT2D eigenvalue weighted by Gasteiger charge is -2.11. The number of thioether (sulfide) groups is 1. The fourth-order valence-corrected chi connectivity index (χ4v) is 3.63. The number of hydrogen-bond donors (Lipinski definition) is 0. The minimum Gasteiger partial charge on any atom is -0.497 e. The maximum absolute atomic E-state index is 5.38. The molecule has 0 atom stereocenters. The topological polar surface area (TPSA) is 18.5 Å². The Kier molecular flexibility index (Phi) is 6.39. The molecule has 0 N–H and O–H groups in total. The van der Waals surface area contributed by atoms with Gasteiger partial charge in [-0.1, -0.05) is 60.7 Å². The first-order valence-electron chi connectivity index (χ1n) is 8.45. The van der Waals surface area contributed by atoms with Crippen LogP contribution in [0.5, 0.6) is 11.5 Å². The van der Waals surface area contributed by atoms with E-state index in [0.717, 1.165) is 17.3 Å². The highest BCUT2D eigenvalue weighted by Gasteiger charge is 2.07. The minimum atomic E-state index is 0.813. The van der Waals surface area contributed by atoms with E-state index in [1.54, 1.807) is 14.2 Å². The third kappa shape index (κ3) is 4.93. The first kappa shape index (κ1) is 18.2. The first-order chi connectivity index (χ1) is 12.8. The standard InChI is InChI=1S/C23H22O2S/c1-24-21-13-19(14-22(16-21)25-2)17-26-23(20-11-7-4-8-12-20)15-18-9-5-3-6-10-18/h3-16H,17H2,1-2H3. The van der Waals surface area contributed by atoms with Crippen LogP contribution in [0.4, 0.5) is 0 Å². The molecule has 0 saturated heterocycles. The summed E-state index contributed by atoms with van der Waals surface area (Å²) in [6, 6.07) is 26.9. The molecule has 0 saturated carbocycles. The van der Waals surface area contributed by atoms with E-state index >= 15 is 0 Å². The van der Waals surface area contributed by atoms with Gasteiger partial charge >= 0.3 is 0 Å². The van der Waals surface area contributed by atoms with E-state index in [4.69, 9.17) is 9.47 Å². The third-order valence-corrected chi connectivity index (χ3v) is 5.10. The Labute approximate surface area is 159 Å². The number of rotatable bonds is 7. The van der Waals surface area contributed by atoms with Gasteiger partial charge in [0, 0.05) is 16.7 Å². The summed E-state index contributed by atoms with van der Waals surface area (Å²) in [5.74, 6) is 2.46. The number of hydrogen-bond acceptors (Lipinski definition) is 3. The molecule has 0 aliphatic heterocycles. The second-order valence-corrected chi connectivity index (χ2v) is 6.81. The molecule has 0 aromatic heterocycles. The van der Waals surface area contributed by atoms with Gasteiger partial charge in [-0.25, -0.2) is 0 Å². The van der Waals surface area contributed by atoms with E-state index in [-0.39, 0.29) is 0 Å². The maximum Gasteiger partial charge on any atom is 0.122 e. The minimum absolute atomic E-state index is 0.813. The lowest BCUT2D eigenvalue weighted by Crippen LogP contribution is -1.91. The molecule has 0 spiro atoms. The highest BCUT2D eigenvalue weighted by Crippen LogP contribution is 2.34. The Morgan fingerprint density at radius 1 is 0.808 bits per heavy atom. The van der Waals surface area contributed by atoms with Crippen LogP contribution in [0, 0.1) is 0 Å². The van der Waals surface area contributed by atoms with E-state index in [9.17, 15) is 0 Å². The summed E-state index contributed by atoms with van der Waals surface area (Å²) in [5.41, 5.74) is 3.58. The predicted molar refractivity (Wildman–Crippen MR) is 112 cm³/mol. The van der Waals surface area contributed by atoms with Gasteiger partial charge < -0.3 is 9.47 Å². The Morgan fingerprint density at radius 3 is 1.96 bits per heavy atom. The average Bonchev–Trinajstić information content (AvgIpc) is 2.72. The van der Waals surface area contributed by atoms with Gasteiger partial charge in [0.05, 0.1) is 14.2 Å². The second kappa shape index (κ2) is 9.16. The summed E-state index contributed by atoms with van der Waals surface area (Å²) < 4.78 is 10.8. The van der Waals surface area contributed by atoms with Crippen LogP contribution in [0.3, 0.4) is 0 Å². The van der Waals surface area contributed by atoms with Crippen molar-refractivity contribution < 1.29 is 9.47 Å². The van der Waals surface area contributed by atoms with Crippen LogP contribution in [0.25, 0.3) is 11.0 Å². The molecule has 3 aromatic rings. The Hall–Kier alpha value is -2.65. The van der Waals surface area contributed by atoms with Crippen molar-refractivity contribution in [2.75, 3.05) is 14.2 Å². The number of ether oxygens (including phenoxy) is 2. The average molecular weight is 362 g/mol. The molecule has 3 aromatic carbocycles. The summed E-state index contributed by atoms with van der Waals surface area (Å²) in [6.07, 6.45) is 2.23. The normalized spacial score (nSPS) is 11.2. The van der Waals surface area contributed by atoms with Gasteiger partial charge in [-0.05, 0) is 34.9 Å². The molecular weight excluding hydrogens is 340 g/mol. The van der Waals surface area contributed by atoms with Gasteiger partial charge in [-0.2, -0.15) is 0 Å². The van der Waals surface area contributed by atoms with E-state index in [1.807, 2.05) is 30.0 Å². The molecule has 0 aliphatic carbocycles. The van der Waals surface area contributed by atoms with Gasteiger partial charge in [0.15, 0.2) is 0 Å². The smallest absolute Gasteiger partial charge is 0.122 e. The van der Waals surface area contributed by atoms with E-state index in [2.05, 4.69) is 66.7 Å². The molecule has 2 nitrogen and oxygen atoms in total. The molecule has 0 heterocycles. The summed E-state index contributed by atoms with van der Waals surface area (Å²) in [5, 5.41) is 0. The van der Waals surface area contributed by atoms with Crippen LogP contribution in [0.15, 0.2) is 78.9 Å². The summed E-state index contributed by atoms with van der Waals surface area (Å²) in [6.45, 7) is 0. The molecule has 0 amide bonds. The van der Waals surface area contributed by atoms with Crippen molar-refractivity contribution >= 4 is 22.7 Å². The lowest BCUT2D eigenvalue weighted by molar-refractivity contribution is 0.393. The van der Waals surface area contributed by atoms with Crippen molar-refractivity contribution in [3.05, 3.63) is 95.6 Å². The Morgan fingerprint density at radius 2 is 1.38 bits per heavy atom. The number of benzene rings is 3. The van der Waals surface area contributed by atoms with Crippen molar-refractivity contribution in [1.82, 2.24) is 0 Å². The largest absolute Gasteiger partial charge is 0.497 e. The first-order valence-corrected chi connectivity index (χ1v) is 9.44. The van der Waals surface area contributed by atoms with E-state index in [1.165, 1.54) is 21.6 Å². The second-order valence-electron chi connectivity index (χ2n) is 5.79. The quantitative estimate of drug-likeness (QED) is 0.471. The van der Waals surface area contributed by atoms with Crippen molar-refractivity contribution in [3.63, 3.8) is 0 Å². The van der Waals surface area contributed by atoms with Crippen LogP contribution in [0.1, 0.15) is 16.7 Å². The summed E-state index contributed by atoms with van der Waals surface area (Å²) in [7, 11) is 3.35. The zero-order valence-electron chi connectivity index (χ0n) is 15.0. The molecular formula is C23H22O2S. The van der Waals surface area contributed by atoms with Gasteiger partial charge in [0.2, 0.25) is 0 Å². The van der Waals surface area contributed by atoms with Crippen molar-refractivity contribution in [1.29, 1.82) is 0 Å². The van der Waals surface area contributed by atoms with E-state index < -0.39 is 0 Å². The van der Waals surface area contributed by atoms with Crippen LogP contribution >= 0.6 is 11.8 Å². The van der Waals surface area contributed by atoms with Gasteiger partial charge in [0.1, 0.15) is 11.5 Å². The molecule has 0 unspecified atom stereocenters. The van der Waals surface area contributed by atoms with Crippen molar-refractivity contribution in [2.45, 2.75) is 5.75 Å². The Balaban J connectivity index is 1.86. The van der Waals surface area contributed by atoms with Gasteiger partial charge in [-0.15, -0.1) is 11.8 Å². The molecule has 132 valence electrons. The zero-order valence-corrected chi connectivity index (χ0v) is 15.8. The molecule has 3 rings (SSSR count).